The van der Waals surface area contributed by atoms with Gasteiger partial charge in [0.05, 0.1) is 11.0 Å². The fraction of sp³-hybridized carbons (Fsp3) is 0.400. The number of amides is 1. The predicted molar refractivity (Wildman–Crippen MR) is 83.2 cm³/mol. The molecular formula is C15H18N4O3. The van der Waals surface area contributed by atoms with Gasteiger partial charge >= 0.3 is 11.1 Å². The number of likely N-dealkylation sites (N-methyl/N-ethyl adjacent to an activating group) is 1. The van der Waals surface area contributed by atoms with Gasteiger partial charge in [0.1, 0.15) is 0 Å². The lowest BCUT2D eigenvalue weighted by atomic mass is 9.92. The number of aromatic amines is 2. The minimum Gasteiger partial charge on any atom is -0.345 e. The third-order valence-electron chi connectivity index (χ3n) is 4.05. The Morgan fingerprint density at radius 3 is 2.55 bits per heavy atom. The fourth-order valence-electron chi connectivity index (χ4n) is 2.91. The average Bonchev–Trinajstić information content (AvgIpc) is 2.47. The van der Waals surface area contributed by atoms with Crippen LogP contribution >= 0.6 is 0 Å². The van der Waals surface area contributed by atoms with Crippen molar-refractivity contribution in [2.75, 3.05) is 27.7 Å². The molecule has 2 heterocycles. The summed E-state index contributed by atoms with van der Waals surface area (Å²) in [4.78, 5) is 44.5. The summed E-state index contributed by atoms with van der Waals surface area (Å²) in [5.74, 6) is -0.102. The van der Waals surface area contributed by atoms with Gasteiger partial charge in [0.15, 0.2) is 0 Å². The van der Waals surface area contributed by atoms with Crippen molar-refractivity contribution in [1.29, 1.82) is 0 Å². The SMILES string of the molecule is CN1CCc2c(C(=O)N(C)C)cc3[nH]c(=O)c(=O)[nH]c3c2C1. The summed E-state index contributed by atoms with van der Waals surface area (Å²) in [6, 6.07) is 1.67. The molecule has 7 heteroatoms. The second-order valence-electron chi connectivity index (χ2n) is 5.90. The molecule has 1 amide bonds. The molecule has 0 saturated carbocycles. The Morgan fingerprint density at radius 1 is 1.18 bits per heavy atom. The summed E-state index contributed by atoms with van der Waals surface area (Å²) >= 11 is 0. The number of rotatable bonds is 1. The van der Waals surface area contributed by atoms with E-state index in [1.807, 2.05) is 7.05 Å². The number of benzene rings is 1. The average molecular weight is 302 g/mol. The van der Waals surface area contributed by atoms with Crippen LogP contribution in [0.5, 0.6) is 0 Å². The van der Waals surface area contributed by atoms with Crippen LogP contribution in [0.2, 0.25) is 0 Å². The minimum atomic E-state index is -0.708. The standard InChI is InChI=1S/C15H18N4O3/c1-18(2)15(22)9-6-11-12(17-14(21)13(20)16-11)10-7-19(3)5-4-8(9)10/h6H,4-5,7H2,1-3H3,(H,16,20)(H,17,21). The van der Waals surface area contributed by atoms with Gasteiger partial charge in [-0.1, -0.05) is 0 Å². The number of nitrogens with one attached hydrogen (secondary N) is 2. The first-order valence-corrected chi connectivity index (χ1v) is 7.09. The maximum Gasteiger partial charge on any atom is 0.314 e. The van der Waals surface area contributed by atoms with Crippen molar-refractivity contribution in [1.82, 2.24) is 19.8 Å². The largest absolute Gasteiger partial charge is 0.345 e. The van der Waals surface area contributed by atoms with Gasteiger partial charge in [-0.05, 0) is 30.7 Å². The quantitative estimate of drug-likeness (QED) is 0.720. The molecule has 3 rings (SSSR count). The molecule has 1 aliphatic rings. The first-order valence-electron chi connectivity index (χ1n) is 7.09. The molecule has 2 aromatic rings. The number of fused-ring (bicyclic) bond motifs is 3. The zero-order chi connectivity index (χ0) is 16.0. The van der Waals surface area contributed by atoms with Crippen molar-refractivity contribution in [3.8, 4) is 0 Å². The number of H-pyrrole nitrogens is 2. The van der Waals surface area contributed by atoms with Gasteiger partial charge in [-0.15, -0.1) is 0 Å². The van der Waals surface area contributed by atoms with Gasteiger partial charge in [-0.2, -0.15) is 0 Å². The van der Waals surface area contributed by atoms with E-state index in [0.29, 0.717) is 23.1 Å². The third kappa shape index (κ3) is 2.23. The van der Waals surface area contributed by atoms with Crippen molar-refractivity contribution in [3.05, 3.63) is 43.5 Å². The van der Waals surface area contributed by atoms with Crippen LogP contribution < -0.4 is 11.1 Å². The highest BCUT2D eigenvalue weighted by molar-refractivity contribution is 6.00. The summed E-state index contributed by atoms with van der Waals surface area (Å²) < 4.78 is 0. The van der Waals surface area contributed by atoms with Crippen LogP contribution in [0.1, 0.15) is 21.5 Å². The molecule has 0 radical (unpaired) electrons. The Bertz CT molecular complexity index is 879. The number of carbonyl (C=O) groups excluding carboxylic acids is 1. The number of hydrogen-bond donors (Lipinski definition) is 2. The van der Waals surface area contributed by atoms with E-state index >= 15 is 0 Å². The first-order chi connectivity index (χ1) is 10.4. The van der Waals surface area contributed by atoms with Crippen molar-refractivity contribution < 1.29 is 4.79 Å². The molecule has 0 spiro atoms. The molecule has 116 valence electrons. The highest BCUT2D eigenvalue weighted by Crippen LogP contribution is 2.28. The zero-order valence-electron chi connectivity index (χ0n) is 12.8. The normalized spacial score (nSPS) is 14.9. The predicted octanol–water partition coefficient (Wildman–Crippen LogP) is -0.0939. The molecular weight excluding hydrogens is 284 g/mol. The second-order valence-corrected chi connectivity index (χ2v) is 5.90. The van der Waals surface area contributed by atoms with Crippen LogP contribution in [0.15, 0.2) is 15.7 Å². The van der Waals surface area contributed by atoms with E-state index in [1.54, 1.807) is 20.2 Å². The van der Waals surface area contributed by atoms with Crippen LogP contribution in [0.25, 0.3) is 11.0 Å². The Kier molecular flexibility index (Phi) is 3.37. The number of carbonyl (C=O) groups is 1. The summed E-state index contributed by atoms with van der Waals surface area (Å²) in [5, 5.41) is 0. The van der Waals surface area contributed by atoms with Crippen molar-refractivity contribution >= 4 is 16.9 Å². The van der Waals surface area contributed by atoms with Crippen LogP contribution in [0.4, 0.5) is 0 Å². The Balaban J connectivity index is 2.38. The van der Waals surface area contributed by atoms with Gasteiger partial charge in [0.2, 0.25) is 0 Å². The monoisotopic (exact) mass is 302 g/mol. The van der Waals surface area contributed by atoms with E-state index in [4.69, 9.17) is 0 Å². The molecule has 0 unspecified atom stereocenters. The topological polar surface area (TPSA) is 89.3 Å². The maximum absolute atomic E-state index is 12.4. The van der Waals surface area contributed by atoms with Gasteiger partial charge in [0, 0.05) is 32.7 Å². The molecule has 0 bridgehead atoms. The van der Waals surface area contributed by atoms with E-state index in [-0.39, 0.29) is 5.91 Å². The lowest BCUT2D eigenvalue weighted by Gasteiger charge is -2.28. The summed E-state index contributed by atoms with van der Waals surface area (Å²) in [6.07, 6.45) is 0.734. The number of hydrogen-bond acceptors (Lipinski definition) is 4. The maximum atomic E-state index is 12.4. The molecule has 7 nitrogen and oxygen atoms in total. The van der Waals surface area contributed by atoms with E-state index in [0.717, 1.165) is 24.1 Å². The zero-order valence-corrected chi connectivity index (χ0v) is 12.8. The molecule has 1 aromatic carbocycles. The molecule has 2 N–H and O–H groups in total. The highest BCUT2D eigenvalue weighted by Gasteiger charge is 2.24. The van der Waals surface area contributed by atoms with Crippen LogP contribution in [0, 0.1) is 0 Å². The molecule has 0 aliphatic carbocycles. The fourth-order valence-corrected chi connectivity index (χ4v) is 2.91. The van der Waals surface area contributed by atoms with Crippen LogP contribution in [-0.4, -0.2) is 53.4 Å². The summed E-state index contributed by atoms with van der Waals surface area (Å²) in [7, 11) is 5.38. The smallest absolute Gasteiger partial charge is 0.314 e. The van der Waals surface area contributed by atoms with E-state index in [1.165, 1.54) is 4.90 Å². The number of aromatic nitrogens is 2. The molecule has 1 aromatic heterocycles. The number of nitrogens with zero attached hydrogens (tertiary/aromatic N) is 2. The lowest BCUT2D eigenvalue weighted by molar-refractivity contribution is 0.0826. The third-order valence-corrected chi connectivity index (χ3v) is 4.05. The molecule has 0 atom stereocenters. The van der Waals surface area contributed by atoms with Crippen molar-refractivity contribution in [3.63, 3.8) is 0 Å². The van der Waals surface area contributed by atoms with Crippen molar-refractivity contribution in [2.24, 2.45) is 0 Å². The van der Waals surface area contributed by atoms with Gasteiger partial charge in [-0.3, -0.25) is 14.4 Å². The van der Waals surface area contributed by atoms with E-state index < -0.39 is 11.1 Å². The van der Waals surface area contributed by atoms with Crippen LogP contribution in [-0.2, 0) is 13.0 Å². The van der Waals surface area contributed by atoms with Crippen molar-refractivity contribution in [2.45, 2.75) is 13.0 Å². The van der Waals surface area contributed by atoms with Gasteiger partial charge in [-0.25, -0.2) is 0 Å². The van der Waals surface area contributed by atoms with Gasteiger partial charge < -0.3 is 19.8 Å². The molecule has 0 fully saturated rings. The Hall–Kier alpha value is -2.41. The minimum absolute atomic E-state index is 0.102. The van der Waals surface area contributed by atoms with Crippen LogP contribution in [0.3, 0.4) is 0 Å². The summed E-state index contributed by atoms with van der Waals surface area (Å²) in [5.41, 5.74) is 2.17. The lowest BCUT2D eigenvalue weighted by Crippen LogP contribution is -2.33. The first kappa shape index (κ1) is 14.5. The van der Waals surface area contributed by atoms with Gasteiger partial charge in [0.25, 0.3) is 5.91 Å². The summed E-state index contributed by atoms with van der Waals surface area (Å²) in [6.45, 7) is 1.47. The molecule has 0 saturated heterocycles. The highest BCUT2D eigenvalue weighted by atomic mass is 16.2. The molecule has 22 heavy (non-hydrogen) atoms. The Morgan fingerprint density at radius 2 is 1.86 bits per heavy atom. The van der Waals surface area contributed by atoms with E-state index in [9.17, 15) is 14.4 Å². The Labute approximate surface area is 126 Å². The van der Waals surface area contributed by atoms with E-state index in [2.05, 4.69) is 14.9 Å². The molecule has 1 aliphatic heterocycles. The second kappa shape index (κ2) is 5.10.